The number of aliphatic hydroxyl groups is 1. The molecule has 0 bridgehead atoms. The Hall–Kier alpha value is -0.890. The standard InChI is InChI=1S/C27H42O2/c1-18(17-28)6-5-7-19(2)23-10-11-24-22-9-8-20-16-21(29)12-14-26(20,3)25(22)13-15-27(23,24)4/h6,8,19,22-25,28H,5,7,9-17H2,1-4H3/t19-,22+,23-,24+,25+,26+,27-/m1/s1. The second kappa shape index (κ2) is 7.98. The molecule has 0 heterocycles. The molecule has 4 aliphatic rings. The molecular formula is C27H42O2. The lowest BCUT2D eigenvalue weighted by molar-refractivity contribution is -0.122. The van der Waals surface area contributed by atoms with E-state index in [1.807, 2.05) is 6.92 Å². The van der Waals surface area contributed by atoms with Crippen LogP contribution in [-0.2, 0) is 4.79 Å². The van der Waals surface area contributed by atoms with Crippen LogP contribution >= 0.6 is 0 Å². The summed E-state index contributed by atoms with van der Waals surface area (Å²) in [5, 5.41) is 9.24. The summed E-state index contributed by atoms with van der Waals surface area (Å²) in [6.45, 7) is 9.83. The SMILES string of the molecule is CC(=CCC[C@@H](C)[C@H]1CC[C@H]2[C@@H]3CC=C4CC(=O)CC[C@]4(C)[C@H]3CC[C@]12C)CO. The van der Waals surface area contributed by atoms with E-state index in [1.165, 1.54) is 44.1 Å². The summed E-state index contributed by atoms with van der Waals surface area (Å²) in [6.07, 6.45) is 16.5. The first kappa shape index (κ1) is 21.3. The van der Waals surface area contributed by atoms with E-state index in [-0.39, 0.29) is 6.61 Å². The minimum absolute atomic E-state index is 0.195. The molecular weight excluding hydrogens is 356 g/mol. The molecule has 0 amide bonds. The highest BCUT2D eigenvalue weighted by atomic mass is 16.3. The van der Waals surface area contributed by atoms with Crippen LogP contribution in [0.4, 0.5) is 0 Å². The van der Waals surface area contributed by atoms with Crippen molar-refractivity contribution in [3.8, 4) is 0 Å². The van der Waals surface area contributed by atoms with Crippen molar-refractivity contribution in [1.82, 2.24) is 0 Å². The Balaban J connectivity index is 1.49. The van der Waals surface area contributed by atoms with Crippen LogP contribution in [0.25, 0.3) is 0 Å². The maximum atomic E-state index is 12.1. The summed E-state index contributed by atoms with van der Waals surface area (Å²) in [5.41, 5.74) is 3.40. The molecule has 0 aromatic heterocycles. The zero-order valence-corrected chi connectivity index (χ0v) is 19.2. The summed E-state index contributed by atoms with van der Waals surface area (Å²) < 4.78 is 0. The van der Waals surface area contributed by atoms with Crippen molar-refractivity contribution in [2.75, 3.05) is 6.61 Å². The molecule has 0 spiro atoms. The van der Waals surface area contributed by atoms with E-state index >= 15 is 0 Å². The van der Waals surface area contributed by atoms with Gasteiger partial charge in [-0.3, -0.25) is 4.79 Å². The van der Waals surface area contributed by atoms with E-state index in [4.69, 9.17) is 0 Å². The second-order valence-corrected chi connectivity index (χ2v) is 11.5. The number of allylic oxidation sites excluding steroid dienone is 3. The topological polar surface area (TPSA) is 37.3 Å². The Morgan fingerprint density at radius 3 is 2.79 bits per heavy atom. The third-order valence-electron chi connectivity index (χ3n) is 10.1. The lowest BCUT2D eigenvalue weighted by Gasteiger charge is -2.58. The molecule has 0 aromatic rings. The number of aliphatic hydroxyl groups excluding tert-OH is 1. The quantitative estimate of drug-likeness (QED) is 0.537. The van der Waals surface area contributed by atoms with Gasteiger partial charge >= 0.3 is 0 Å². The van der Waals surface area contributed by atoms with Gasteiger partial charge < -0.3 is 5.11 Å². The van der Waals surface area contributed by atoms with Crippen LogP contribution in [0.15, 0.2) is 23.3 Å². The first-order valence-corrected chi connectivity index (χ1v) is 12.3. The van der Waals surface area contributed by atoms with E-state index in [0.29, 0.717) is 16.6 Å². The third-order valence-corrected chi connectivity index (χ3v) is 10.1. The van der Waals surface area contributed by atoms with Gasteiger partial charge in [0.1, 0.15) is 5.78 Å². The van der Waals surface area contributed by atoms with E-state index in [0.717, 1.165) is 60.8 Å². The fourth-order valence-electron chi connectivity index (χ4n) is 8.31. The molecule has 0 radical (unpaired) electrons. The van der Waals surface area contributed by atoms with Crippen LogP contribution in [0, 0.1) is 40.4 Å². The van der Waals surface area contributed by atoms with Crippen molar-refractivity contribution in [2.24, 2.45) is 40.4 Å². The van der Waals surface area contributed by atoms with Crippen molar-refractivity contribution >= 4 is 5.78 Å². The summed E-state index contributed by atoms with van der Waals surface area (Å²) in [5.74, 6) is 4.59. The smallest absolute Gasteiger partial charge is 0.136 e. The summed E-state index contributed by atoms with van der Waals surface area (Å²) >= 11 is 0. The van der Waals surface area contributed by atoms with Crippen LogP contribution in [0.2, 0.25) is 0 Å². The second-order valence-electron chi connectivity index (χ2n) is 11.5. The lowest BCUT2D eigenvalue weighted by Crippen LogP contribution is -2.50. The predicted octanol–water partition coefficient (Wildman–Crippen LogP) is 6.49. The van der Waals surface area contributed by atoms with Gasteiger partial charge in [0.05, 0.1) is 6.61 Å². The minimum Gasteiger partial charge on any atom is -0.392 e. The molecule has 2 heteroatoms. The van der Waals surface area contributed by atoms with E-state index < -0.39 is 0 Å². The number of rotatable bonds is 5. The number of Topliss-reactive ketones (excluding diaryl/α,β-unsaturated/α-hetero) is 1. The molecule has 3 saturated carbocycles. The number of carbonyl (C=O) groups excluding carboxylic acids is 1. The largest absolute Gasteiger partial charge is 0.392 e. The van der Waals surface area contributed by atoms with Gasteiger partial charge in [0, 0.05) is 12.8 Å². The average Bonchev–Trinajstić information content (AvgIpc) is 3.05. The maximum Gasteiger partial charge on any atom is 0.136 e. The van der Waals surface area contributed by atoms with Crippen molar-refractivity contribution in [2.45, 2.75) is 91.9 Å². The van der Waals surface area contributed by atoms with Crippen molar-refractivity contribution < 1.29 is 9.90 Å². The van der Waals surface area contributed by atoms with E-state index in [2.05, 4.69) is 32.9 Å². The Morgan fingerprint density at radius 1 is 1.24 bits per heavy atom. The van der Waals surface area contributed by atoms with Gasteiger partial charge in [-0.05, 0) is 98.7 Å². The maximum absolute atomic E-state index is 12.1. The van der Waals surface area contributed by atoms with Crippen LogP contribution < -0.4 is 0 Å². The number of hydrogen-bond acceptors (Lipinski definition) is 2. The first-order valence-electron chi connectivity index (χ1n) is 12.3. The molecule has 0 unspecified atom stereocenters. The Kier molecular flexibility index (Phi) is 5.88. The molecule has 0 saturated heterocycles. The summed E-state index contributed by atoms with van der Waals surface area (Å²) in [4.78, 5) is 12.1. The molecule has 162 valence electrons. The molecule has 0 aromatic carbocycles. The van der Waals surface area contributed by atoms with Gasteiger partial charge in [0.25, 0.3) is 0 Å². The van der Waals surface area contributed by atoms with Crippen LogP contribution in [0.5, 0.6) is 0 Å². The van der Waals surface area contributed by atoms with Crippen LogP contribution in [0.1, 0.15) is 91.9 Å². The number of hydrogen-bond donors (Lipinski definition) is 1. The summed E-state index contributed by atoms with van der Waals surface area (Å²) in [7, 11) is 0. The van der Waals surface area contributed by atoms with Gasteiger partial charge in [-0.2, -0.15) is 0 Å². The molecule has 1 N–H and O–H groups in total. The van der Waals surface area contributed by atoms with Gasteiger partial charge in [-0.25, -0.2) is 0 Å². The first-order chi connectivity index (χ1) is 13.8. The van der Waals surface area contributed by atoms with Gasteiger partial charge in [-0.1, -0.05) is 44.1 Å². The molecule has 0 aliphatic heterocycles. The molecule has 7 atom stereocenters. The molecule has 29 heavy (non-hydrogen) atoms. The van der Waals surface area contributed by atoms with Crippen LogP contribution in [-0.4, -0.2) is 17.5 Å². The molecule has 2 nitrogen and oxygen atoms in total. The Bertz CT molecular complexity index is 703. The molecule has 4 rings (SSSR count). The van der Waals surface area contributed by atoms with Crippen LogP contribution in [0.3, 0.4) is 0 Å². The Morgan fingerprint density at radius 2 is 2.03 bits per heavy atom. The third kappa shape index (κ3) is 3.58. The lowest BCUT2D eigenvalue weighted by atomic mass is 9.47. The average molecular weight is 399 g/mol. The zero-order valence-electron chi connectivity index (χ0n) is 19.2. The van der Waals surface area contributed by atoms with E-state index in [1.54, 1.807) is 0 Å². The fourth-order valence-corrected chi connectivity index (χ4v) is 8.31. The molecule has 3 fully saturated rings. The van der Waals surface area contributed by atoms with Gasteiger partial charge in [-0.15, -0.1) is 0 Å². The van der Waals surface area contributed by atoms with Gasteiger partial charge in [0.2, 0.25) is 0 Å². The predicted molar refractivity (Wildman–Crippen MR) is 119 cm³/mol. The molecule has 4 aliphatic carbocycles. The number of fused-ring (bicyclic) bond motifs is 5. The van der Waals surface area contributed by atoms with Crippen molar-refractivity contribution in [1.29, 1.82) is 0 Å². The highest BCUT2D eigenvalue weighted by Gasteiger charge is 2.59. The van der Waals surface area contributed by atoms with E-state index in [9.17, 15) is 9.90 Å². The highest BCUT2D eigenvalue weighted by Crippen LogP contribution is 2.67. The van der Waals surface area contributed by atoms with Crippen molar-refractivity contribution in [3.05, 3.63) is 23.3 Å². The zero-order chi connectivity index (χ0) is 20.8. The monoisotopic (exact) mass is 398 g/mol. The summed E-state index contributed by atoms with van der Waals surface area (Å²) in [6, 6.07) is 0. The van der Waals surface area contributed by atoms with Gasteiger partial charge in [0.15, 0.2) is 0 Å². The number of ketones is 1. The number of carbonyl (C=O) groups is 1. The fraction of sp³-hybridized carbons (Fsp3) is 0.815. The minimum atomic E-state index is 0.195. The van der Waals surface area contributed by atoms with Crippen molar-refractivity contribution in [3.63, 3.8) is 0 Å². The Labute approximate surface area is 178 Å². The normalized spacial score (nSPS) is 43.3. The highest BCUT2D eigenvalue weighted by molar-refractivity contribution is 5.82.